The number of amides is 1. The fourth-order valence-corrected chi connectivity index (χ4v) is 4.75. The lowest BCUT2D eigenvalue weighted by Gasteiger charge is -2.28. The van der Waals surface area contributed by atoms with Crippen molar-refractivity contribution in [2.75, 3.05) is 32.8 Å². The Morgan fingerprint density at radius 3 is 2.60 bits per heavy atom. The van der Waals surface area contributed by atoms with Crippen LogP contribution in [0.1, 0.15) is 47.2 Å². The van der Waals surface area contributed by atoms with E-state index in [4.69, 9.17) is 9.84 Å². The fraction of sp³-hybridized carbons (Fsp3) is 0.682. The summed E-state index contributed by atoms with van der Waals surface area (Å²) >= 11 is 0. The van der Waals surface area contributed by atoms with Crippen molar-refractivity contribution >= 4 is 5.91 Å². The first-order valence-corrected chi connectivity index (χ1v) is 11.1. The van der Waals surface area contributed by atoms with Gasteiger partial charge < -0.3 is 9.64 Å². The molecule has 4 rings (SSSR count). The van der Waals surface area contributed by atoms with E-state index in [9.17, 15) is 4.79 Å². The lowest BCUT2D eigenvalue weighted by molar-refractivity contribution is -0.135. The monoisotopic (exact) mass is 414 g/mol. The van der Waals surface area contributed by atoms with E-state index in [0.29, 0.717) is 39.1 Å². The first kappa shape index (κ1) is 21.1. The van der Waals surface area contributed by atoms with Crippen LogP contribution < -0.4 is 0 Å². The van der Waals surface area contributed by atoms with E-state index in [0.717, 1.165) is 44.0 Å². The van der Waals surface area contributed by atoms with E-state index in [1.54, 1.807) is 0 Å². The molecular formula is C22H34N6O2. The zero-order valence-corrected chi connectivity index (χ0v) is 18.8. The Morgan fingerprint density at radius 1 is 1.13 bits per heavy atom. The van der Waals surface area contributed by atoms with Crippen molar-refractivity contribution in [2.24, 2.45) is 7.05 Å². The first-order valence-electron chi connectivity index (χ1n) is 11.1. The number of hydrogen-bond acceptors (Lipinski definition) is 5. The quantitative estimate of drug-likeness (QED) is 0.718. The Balaban J connectivity index is 1.44. The number of hydrogen-bond donors (Lipinski definition) is 0. The molecule has 164 valence electrons. The molecule has 0 saturated carbocycles. The SMILES string of the molecule is CCn1nc(C)c(CN2CCc3c(c(CCC(=O)N4CCOCC4)nn3C)C2)c1C. The number of nitrogens with zero attached hydrogens (tertiary/aromatic N) is 6. The molecule has 4 heterocycles. The Labute approximate surface area is 178 Å². The molecule has 1 amide bonds. The smallest absolute Gasteiger partial charge is 0.223 e. The summed E-state index contributed by atoms with van der Waals surface area (Å²) in [7, 11) is 2.03. The Hall–Kier alpha value is -2.19. The molecule has 0 aliphatic carbocycles. The highest BCUT2D eigenvalue weighted by Crippen LogP contribution is 2.26. The van der Waals surface area contributed by atoms with Crippen LogP contribution in [0, 0.1) is 13.8 Å². The van der Waals surface area contributed by atoms with E-state index >= 15 is 0 Å². The molecule has 2 aromatic heterocycles. The topological polar surface area (TPSA) is 68.4 Å². The Morgan fingerprint density at radius 2 is 1.90 bits per heavy atom. The molecule has 0 bridgehead atoms. The summed E-state index contributed by atoms with van der Waals surface area (Å²) < 4.78 is 9.47. The molecular weight excluding hydrogens is 380 g/mol. The molecule has 8 nitrogen and oxygen atoms in total. The second-order valence-electron chi connectivity index (χ2n) is 8.41. The van der Waals surface area contributed by atoms with E-state index in [1.165, 1.54) is 22.5 Å². The molecule has 0 N–H and O–H groups in total. The van der Waals surface area contributed by atoms with Crippen LogP contribution in [0.3, 0.4) is 0 Å². The minimum atomic E-state index is 0.212. The van der Waals surface area contributed by atoms with Crippen molar-refractivity contribution in [3.63, 3.8) is 0 Å². The third-order valence-corrected chi connectivity index (χ3v) is 6.56. The summed E-state index contributed by atoms with van der Waals surface area (Å²) in [6, 6.07) is 0. The second-order valence-corrected chi connectivity index (χ2v) is 8.41. The number of carbonyl (C=O) groups excluding carboxylic acids is 1. The Kier molecular flexibility index (Phi) is 6.24. The number of aromatic nitrogens is 4. The summed E-state index contributed by atoms with van der Waals surface area (Å²) in [6.07, 6.45) is 2.22. The average molecular weight is 415 g/mol. The van der Waals surface area contributed by atoms with Gasteiger partial charge >= 0.3 is 0 Å². The van der Waals surface area contributed by atoms with Crippen LogP contribution in [0.5, 0.6) is 0 Å². The van der Waals surface area contributed by atoms with Gasteiger partial charge in [0.25, 0.3) is 0 Å². The number of ether oxygens (including phenoxy) is 1. The van der Waals surface area contributed by atoms with Crippen molar-refractivity contribution in [1.82, 2.24) is 29.4 Å². The predicted molar refractivity (Wildman–Crippen MR) is 114 cm³/mol. The zero-order chi connectivity index (χ0) is 21.3. The maximum atomic E-state index is 12.6. The molecule has 2 aromatic rings. The first-order chi connectivity index (χ1) is 14.5. The van der Waals surface area contributed by atoms with Crippen LogP contribution in [0.25, 0.3) is 0 Å². The Bertz CT molecular complexity index is 909. The van der Waals surface area contributed by atoms with E-state index in [-0.39, 0.29) is 5.91 Å². The van der Waals surface area contributed by atoms with Crippen LogP contribution in [0.15, 0.2) is 0 Å². The number of rotatable bonds is 6. The number of fused-ring (bicyclic) bond motifs is 1. The van der Waals surface area contributed by atoms with Crippen LogP contribution in [0.4, 0.5) is 0 Å². The van der Waals surface area contributed by atoms with Crippen molar-refractivity contribution in [3.05, 3.63) is 33.9 Å². The molecule has 8 heteroatoms. The largest absolute Gasteiger partial charge is 0.378 e. The summed E-state index contributed by atoms with van der Waals surface area (Å²) in [6.45, 7) is 12.8. The maximum Gasteiger partial charge on any atom is 0.223 e. The summed E-state index contributed by atoms with van der Waals surface area (Å²) in [4.78, 5) is 17.0. The summed E-state index contributed by atoms with van der Waals surface area (Å²) in [5.74, 6) is 0.212. The zero-order valence-electron chi connectivity index (χ0n) is 18.8. The number of aryl methyl sites for hydroxylation is 4. The molecule has 0 unspecified atom stereocenters. The van der Waals surface area contributed by atoms with Gasteiger partial charge in [0, 0.05) is 88.1 Å². The summed E-state index contributed by atoms with van der Waals surface area (Å²) in [5.41, 5.74) is 7.45. The highest BCUT2D eigenvalue weighted by Gasteiger charge is 2.26. The van der Waals surface area contributed by atoms with Crippen molar-refractivity contribution in [2.45, 2.75) is 59.7 Å². The minimum absolute atomic E-state index is 0.212. The van der Waals surface area contributed by atoms with Gasteiger partial charge in [-0.05, 0) is 20.8 Å². The van der Waals surface area contributed by atoms with E-state index < -0.39 is 0 Å². The third-order valence-electron chi connectivity index (χ3n) is 6.56. The van der Waals surface area contributed by atoms with Gasteiger partial charge in [-0.25, -0.2) is 0 Å². The lowest BCUT2D eigenvalue weighted by atomic mass is 10.0. The molecule has 0 aromatic carbocycles. The van der Waals surface area contributed by atoms with Crippen molar-refractivity contribution in [3.8, 4) is 0 Å². The van der Waals surface area contributed by atoms with Gasteiger partial charge in [-0.3, -0.25) is 19.1 Å². The maximum absolute atomic E-state index is 12.6. The lowest BCUT2D eigenvalue weighted by Crippen LogP contribution is -2.40. The molecule has 2 aliphatic heterocycles. The van der Waals surface area contributed by atoms with Gasteiger partial charge in [0.2, 0.25) is 5.91 Å². The molecule has 0 radical (unpaired) electrons. The summed E-state index contributed by atoms with van der Waals surface area (Å²) in [5, 5.41) is 9.46. The number of carbonyl (C=O) groups is 1. The molecule has 2 aliphatic rings. The molecule has 0 spiro atoms. The highest BCUT2D eigenvalue weighted by atomic mass is 16.5. The average Bonchev–Trinajstić information content (AvgIpc) is 3.22. The normalized spacial score (nSPS) is 17.4. The van der Waals surface area contributed by atoms with E-state index in [2.05, 4.69) is 35.5 Å². The van der Waals surface area contributed by atoms with Crippen molar-refractivity contribution < 1.29 is 9.53 Å². The van der Waals surface area contributed by atoms with Crippen molar-refractivity contribution in [1.29, 1.82) is 0 Å². The van der Waals surface area contributed by atoms with Crippen LogP contribution >= 0.6 is 0 Å². The van der Waals surface area contributed by atoms with Gasteiger partial charge in [-0.2, -0.15) is 10.2 Å². The molecule has 1 fully saturated rings. The van der Waals surface area contributed by atoms with E-state index in [1.807, 2.05) is 16.6 Å². The van der Waals surface area contributed by atoms with Gasteiger partial charge in [-0.1, -0.05) is 0 Å². The third kappa shape index (κ3) is 4.16. The fourth-order valence-electron chi connectivity index (χ4n) is 4.75. The number of morpholine rings is 1. The minimum Gasteiger partial charge on any atom is -0.378 e. The van der Waals surface area contributed by atoms with Gasteiger partial charge in [0.05, 0.1) is 24.6 Å². The van der Waals surface area contributed by atoms with Crippen LogP contribution in [-0.4, -0.2) is 68.1 Å². The highest BCUT2D eigenvalue weighted by molar-refractivity contribution is 5.76. The van der Waals surface area contributed by atoms with Gasteiger partial charge in [0.1, 0.15) is 0 Å². The molecule has 30 heavy (non-hydrogen) atoms. The second kappa shape index (κ2) is 8.89. The predicted octanol–water partition coefficient (Wildman–Crippen LogP) is 1.60. The van der Waals surface area contributed by atoms with Crippen LogP contribution in [0.2, 0.25) is 0 Å². The molecule has 1 saturated heterocycles. The molecule has 0 atom stereocenters. The van der Waals surface area contributed by atoms with Gasteiger partial charge in [0.15, 0.2) is 0 Å². The standard InChI is InChI=1S/C22H34N6O2/c1-5-28-17(3)18(16(2)23-28)14-26-9-8-21-19(15-26)20(24-25(21)4)6-7-22(29)27-10-12-30-13-11-27/h5-15H2,1-4H3. The van der Waals surface area contributed by atoms with Gasteiger partial charge in [-0.15, -0.1) is 0 Å². The van der Waals surface area contributed by atoms with Crippen LogP contribution in [-0.2, 0) is 49.1 Å².